The summed E-state index contributed by atoms with van der Waals surface area (Å²) < 4.78 is 10.4. The summed E-state index contributed by atoms with van der Waals surface area (Å²) in [6, 6.07) is 0.356. The molecule has 0 saturated heterocycles. The van der Waals surface area contributed by atoms with E-state index in [1.807, 2.05) is 0 Å². The van der Waals surface area contributed by atoms with Crippen molar-refractivity contribution in [1.29, 1.82) is 0 Å². The molecule has 3 N–H and O–H groups in total. The number of rotatable bonds is 9. The first-order valence-corrected chi connectivity index (χ1v) is 5.56. The quantitative estimate of drug-likeness (QED) is 0.349. The molecule has 0 aliphatic rings. The van der Waals surface area contributed by atoms with E-state index < -0.39 is 0 Å². The first-order valence-electron chi connectivity index (χ1n) is 5.56. The summed E-state index contributed by atoms with van der Waals surface area (Å²) >= 11 is 0. The van der Waals surface area contributed by atoms with Gasteiger partial charge in [0.05, 0.1) is 5.60 Å². The first kappa shape index (κ1) is 14.8. The molecule has 92 valence electrons. The van der Waals surface area contributed by atoms with Crippen LogP contribution >= 0.6 is 0 Å². The summed E-state index contributed by atoms with van der Waals surface area (Å²) in [5.41, 5.74) is 2.79. The van der Waals surface area contributed by atoms with Gasteiger partial charge in [0.1, 0.15) is 0 Å². The highest BCUT2D eigenvalue weighted by Crippen LogP contribution is 2.17. The Bertz CT molecular complexity index is 152. The van der Waals surface area contributed by atoms with Crippen LogP contribution in [0.5, 0.6) is 0 Å². The fraction of sp³-hybridized carbons (Fsp3) is 1.00. The Morgan fingerprint density at radius 3 is 2.40 bits per heavy atom. The number of hydrazine groups is 1. The SMILES string of the molecule is COCCCC(CCC(C)(C)OC)NN. The molecule has 4 heteroatoms. The van der Waals surface area contributed by atoms with Gasteiger partial charge in [0.2, 0.25) is 0 Å². The van der Waals surface area contributed by atoms with Crippen molar-refractivity contribution < 1.29 is 9.47 Å². The Kier molecular flexibility index (Phi) is 7.96. The van der Waals surface area contributed by atoms with Gasteiger partial charge in [0.25, 0.3) is 0 Å². The van der Waals surface area contributed by atoms with Crippen molar-refractivity contribution >= 4 is 0 Å². The molecule has 0 aliphatic carbocycles. The third-order valence-electron chi connectivity index (χ3n) is 2.78. The van der Waals surface area contributed by atoms with Crippen LogP contribution in [0.1, 0.15) is 39.5 Å². The monoisotopic (exact) mass is 218 g/mol. The van der Waals surface area contributed by atoms with Crippen LogP contribution < -0.4 is 11.3 Å². The molecule has 0 aromatic heterocycles. The number of methoxy groups -OCH3 is 2. The van der Waals surface area contributed by atoms with E-state index in [2.05, 4.69) is 19.3 Å². The van der Waals surface area contributed by atoms with E-state index in [0.29, 0.717) is 6.04 Å². The van der Waals surface area contributed by atoms with Crippen LogP contribution in [0, 0.1) is 0 Å². The predicted octanol–water partition coefficient (Wildman–Crippen LogP) is 1.45. The van der Waals surface area contributed by atoms with Crippen molar-refractivity contribution in [3.63, 3.8) is 0 Å². The van der Waals surface area contributed by atoms with Gasteiger partial charge >= 0.3 is 0 Å². The summed E-state index contributed by atoms with van der Waals surface area (Å²) in [6.07, 6.45) is 4.12. The zero-order valence-electron chi connectivity index (χ0n) is 10.5. The van der Waals surface area contributed by atoms with Gasteiger partial charge in [-0.15, -0.1) is 0 Å². The molecule has 0 heterocycles. The van der Waals surface area contributed by atoms with E-state index >= 15 is 0 Å². The minimum atomic E-state index is -0.0592. The maximum Gasteiger partial charge on any atom is 0.0623 e. The minimum Gasteiger partial charge on any atom is -0.385 e. The van der Waals surface area contributed by atoms with Gasteiger partial charge in [-0.2, -0.15) is 0 Å². The highest BCUT2D eigenvalue weighted by Gasteiger charge is 2.18. The minimum absolute atomic E-state index is 0.0592. The standard InChI is InChI=1S/C11H26N2O2/c1-11(2,15-4)8-7-10(13-12)6-5-9-14-3/h10,13H,5-9,12H2,1-4H3. The molecule has 0 saturated carbocycles. The molecule has 0 rings (SSSR count). The molecule has 15 heavy (non-hydrogen) atoms. The van der Waals surface area contributed by atoms with Gasteiger partial charge in [0.15, 0.2) is 0 Å². The van der Waals surface area contributed by atoms with Crippen molar-refractivity contribution in [2.45, 2.75) is 51.2 Å². The van der Waals surface area contributed by atoms with Crippen LogP contribution in [-0.4, -0.2) is 32.5 Å². The lowest BCUT2D eigenvalue weighted by Gasteiger charge is -2.25. The smallest absolute Gasteiger partial charge is 0.0623 e. The molecular weight excluding hydrogens is 192 g/mol. The van der Waals surface area contributed by atoms with Gasteiger partial charge in [-0.05, 0) is 39.5 Å². The molecule has 0 spiro atoms. The molecule has 0 aromatic carbocycles. The topological polar surface area (TPSA) is 56.5 Å². The van der Waals surface area contributed by atoms with E-state index in [9.17, 15) is 0 Å². The molecule has 0 fully saturated rings. The van der Waals surface area contributed by atoms with E-state index in [1.54, 1.807) is 14.2 Å². The first-order chi connectivity index (χ1) is 7.05. The lowest BCUT2D eigenvalue weighted by molar-refractivity contribution is 0.0113. The average molecular weight is 218 g/mol. The molecule has 1 atom stereocenters. The van der Waals surface area contributed by atoms with Crippen LogP contribution in [0.25, 0.3) is 0 Å². The fourth-order valence-corrected chi connectivity index (χ4v) is 1.41. The van der Waals surface area contributed by atoms with E-state index in [-0.39, 0.29) is 5.60 Å². The van der Waals surface area contributed by atoms with Crippen LogP contribution in [0.15, 0.2) is 0 Å². The molecule has 4 nitrogen and oxygen atoms in total. The summed E-state index contributed by atoms with van der Waals surface area (Å²) in [6.45, 7) is 4.98. The van der Waals surface area contributed by atoms with Gasteiger partial charge < -0.3 is 9.47 Å². The van der Waals surface area contributed by atoms with E-state index in [0.717, 1.165) is 32.3 Å². The average Bonchev–Trinajstić information content (AvgIpc) is 2.23. The largest absolute Gasteiger partial charge is 0.385 e. The number of hydrogen-bond acceptors (Lipinski definition) is 4. The van der Waals surface area contributed by atoms with Crippen LogP contribution in [0.4, 0.5) is 0 Å². The second kappa shape index (κ2) is 8.05. The van der Waals surface area contributed by atoms with Crippen molar-refractivity contribution in [2.75, 3.05) is 20.8 Å². The molecule has 0 bridgehead atoms. The fourth-order valence-electron chi connectivity index (χ4n) is 1.41. The van der Waals surface area contributed by atoms with Crippen LogP contribution in [0.2, 0.25) is 0 Å². The molecule has 0 radical (unpaired) electrons. The molecule has 0 aliphatic heterocycles. The molecule has 1 unspecified atom stereocenters. The van der Waals surface area contributed by atoms with E-state index in [1.165, 1.54) is 0 Å². The molecule has 0 amide bonds. The van der Waals surface area contributed by atoms with Gasteiger partial charge in [-0.1, -0.05) is 0 Å². The summed E-state index contributed by atoms with van der Waals surface area (Å²) in [4.78, 5) is 0. The van der Waals surface area contributed by atoms with Crippen molar-refractivity contribution in [2.24, 2.45) is 5.84 Å². The lowest BCUT2D eigenvalue weighted by atomic mass is 9.97. The maximum atomic E-state index is 5.49. The molecule has 0 aromatic rings. The Labute approximate surface area is 93.5 Å². The number of hydrogen-bond donors (Lipinski definition) is 2. The summed E-state index contributed by atoms with van der Waals surface area (Å²) in [7, 11) is 3.47. The zero-order chi connectivity index (χ0) is 11.7. The zero-order valence-corrected chi connectivity index (χ0v) is 10.5. The van der Waals surface area contributed by atoms with Crippen LogP contribution in [-0.2, 0) is 9.47 Å². The third-order valence-corrected chi connectivity index (χ3v) is 2.78. The van der Waals surface area contributed by atoms with Crippen molar-refractivity contribution in [1.82, 2.24) is 5.43 Å². The Hall–Kier alpha value is -0.160. The summed E-state index contributed by atoms with van der Waals surface area (Å²) in [5.74, 6) is 5.49. The number of nitrogens with two attached hydrogens (primary N) is 1. The number of nitrogens with one attached hydrogen (secondary N) is 1. The summed E-state index contributed by atoms with van der Waals surface area (Å²) in [5, 5.41) is 0. The van der Waals surface area contributed by atoms with Crippen LogP contribution in [0.3, 0.4) is 0 Å². The molecular formula is C11H26N2O2. The highest BCUT2D eigenvalue weighted by atomic mass is 16.5. The van der Waals surface area contributed by atoms with E-state index in [4.69, 9.17) is 15.3 Å². The number of ether oxygens (including phenoxy) is 2. The Balaban J connectivity index is 3.69. The van der Waals surface area contributed by atoms with Gasteiger partial charge in [0, 0.05) is 26.9 Å². The second-order valence-corrected chi connectivity index (χ2v) is 4.50. The van der Waals surface area contributed by atoms with Gasteiger partial charge in [-0.25, -0.2) is 0 Å². The predicted molar refractivity (Wildman–Crippen MR) is 62.5 cm³/mol. The highest BCUT2D eigenvalue weighted by molar-refractivity contribution is 4.73. The third kappa shape index (κ3) is 7.73. The Morgan fingerprint density at radius 2 is 1.93 bits per heavy atom. The van der Waals surface area contributed by atoms with Crippen molar-refractivity contribution in [3.8, 4) is 0 Å². The lowest BCUT2D eigenvalue weighted by Crippen LogP contribution is -2.37. The van der Waals surface area contributed by atoms with Gasteiger partial charge in [-0.3, -0.25) is 11.3 Å². The second-order valence-electron chi connectivity index (χ2n) is 4.50. The maximum absolute atomic E-state index is 5.49. The van der Waals surface area contributed by atoms with Crippen molar-refractivity contribution in [3.05, 3.63) is 0 Å². The Morgan fingerprint density at radius 1 is 1.27 bits per heavy atom. The normalized spacial score (nSPS) is 14.2.